The quantitative estimate of drug-likeness (QED) is 0.373. The highest BCUT2D eigenvalue weighted by molar-refractivity contribution is 7.86. The second kappa shape index (κ2) is 7.84. The second-order valence-electron chi connectivity index (χ2n) is 3.42. The fourth-order valence-corrected chi connectivity index (χ4v) is 2.12. The van der Waals surface area contributed by atoms with Crippen LogP contribution in [0.3, 0.4) is 0 Å². The lowest BCUT2D eigenvalue weighted by Gasteiger charge is -2.12. The lowest BCUT2D eigenvalue weighted by atomic mass is 10.1. The average Bonchev–Trinajstić information content (AvgIpc) is 2.16. The Morgan fingerprint density at radius 2 is 2.13 bits per heavy atom. The van der Waals surface area contributed by atoms with Gasteiger partial charge in [0, 0.05) is 6.54 Å². The SMILES string of the molecule is C=CC(CCCCC)OS(=O)(=O)CCN. The molecule has 0 aromatic heterocycles. The van der Waals surface area contributed by atoms with Crippen LogP contribution in [-0.2, 0) is 14.3 Å². The van der Waals surface area contributed by atoms with Crippen LogP contribution in [0.15, 0.2) is 12.7 Å². The summed E-state index contributed by atoms with van der Waals surface area (Å²) in [6, 6.07) is 0. The zero-order valence-electron chi connectivity index (χ0n) is 9.31. The van der Waals surface area contributed by atoms with Gasteiger partial charge in [-0.3, -0.25) is 4.18 Å². The Kier molecular flexibility index (Phi) is 7.64. The monoisotopic (exact) mass is 235 g/mol. The van der Waals surface area contributed by atoms with E-state index in [1.54, 1.807) is 0 Å². The molecule has 0 heterocycles. The maximum Gasteiger partial charge on any atom is 0.269 e. The van der Waals surface area contributed by atoms with Crippen LogP contribution in [0.5, 0.6) is 0 Å². The third-order valence-electron chi connectivity index (χ3n) is 1.99. The molecule has 0 amide bonds. The van der Waals surface area contributed by atoms with E-state index in [2.05, 4.69) is 13.5 Å². The Morgan fingerprint density at radius 3 is 2.60 bits per heavy atom. The average molecular weight is 235 g/mol. The number of hydrogen-bond donors (Lipinski definition) is 1. The second-order valence-corrected chi connectivity index (χ2v) is 5.13. The smallest absolute Gasteiger partial charge is 0.269 e. The van der Waals surface area contributed by atoms with E-state index in [4.69, 9.17) is 9.92 Å². The van der Waals surface area contributed by atoms with Crippen LogP contribution < -0.4 is 5.73 Å². The van der Waals surface area contributed by atoms with E-state index in [1.807, 2.05) is 0 Å². The summed E-state index contributed by atoms with van der Waals surface area (Å²) in [4.78, 5) is 0. The first-order valence-corrected chi connectivity index (χ1v) is 6.87. The van der Waals surface area contributed by atoms with Gasteiger partial charge in [0.25, 0.3) is 10.1 Å². The van der Waals surface area contributed by atoms with E-state index in [0.717, 1.165) is 19.3 Å². The number of rotatable bonds is 9. The molecule has 0 rings (SSSR count). The molecule has 15 heavy (non-hydrogen) atoms. The molecular weight excluding hydrogens is 214 g/mol. The van der Waals surface area contributed by atoms with Crippen LogP contribution in [0.4, 0.5) is 0 Å². The van der Waals surface area contributed by atoms with Crippen molar-refractivity contribution < 1.29 is 12.6 Å². The molecule has 4 nitrogen and oxygen atoms in total. The Balaban J connectivity index is 4.03. The topological polar surface area (TPSA) is 69.4 Å². The van der Waals surface area contributed by atoms with E-state index in [9.17, 15) is 8.42 Å². The van der Waals surface area contributed by atoms with Gasteiger partial charge in [-0.2, -0.15) is 8.42 Å². The summed E-state index contributed by atoms with van der Waals surface area (Å²) in [5, 5.41) is 0. The molecule has 0 aliphatic carbocycles. The first-order chi connectivity index (χ1) is 7.05. The van der Waals surface area contributed by atoms with Crippen molar-refractivity contribution in [1.82, 2.24) is 0 Å². The summed E-state index contributed by atoms with van der Waals surface area (Å²) in [7, 11) is -3.48. The maximum absolute atomic E-state index is 11.3. The van der Waals surface area contributed by atoms with E-state index in [0.29, 0.717) is 6.42 Å². The minimum atomic E-state index is -3.48. The first kappa shape index (κ1) is 14.6. The van der Waals surface area contributed by atoms with Gasteiger partial charge in [0.2, 0.25) is 0 Å². The maximum atomic E-state index is 11.3. The minimum Gasteiger partial charge on any atom is -0.329 e. The molecule has 2 N–H and O–H groups in total. The number of nitrogens with two attached hydrogens (primary N) is 1. The number of hydrogen-bond acceptors (Lipinski definition) is 4. The van der Waals surface area contributed by atoms with Crippen LogP contribution in [0.25, 0.3) is 0 Å². The molecule has 0 bridgehead atoms. The van der Waals surface area contributed by atoms with E-state index in [-0.39, 0.29) is 12.3 Å². The largest absolute Gasteiger partial charge is 0.329 e. The van der Waals surface area contributed by atoms with Crippen molar-refractivity contribution in [3.63, 3.8) is 0 Å². The van der Waals surface area contributed by atoms with E-state index < -0.39 is 16.2 Å². The van der Waals surface area contributed by atoms with Crippen LogP contribution in [0.2, 0.25) is 0 Å². The van der Waals surface area contributed by atoms with Crippen molar-refractivity contribution in [3.05, 3.63) is 12.7 Å². The highest BCUT2D eigenvalue weighted by Gasteiger charge is 2.15. The van der Waals surface area contributed by atoms with Gasteiger partial charge < -0.3 is 5.73 Å². The molecule has 0 spiro atoms. The van der Waals surface area contributed by atoms with Crippen LogP contribution in [-0.4, -0.2) is 26.8 Å². The van der Waals surface area contributed by atoms with Crippen molar-refractivity contribution in [2.75, 3.05) is 12.3 Å². The van der Waals surface area contributed by atoms with Gasteiger partial charge >= 0.3 is 0 Å². The van der Waals surface area contributed by atoms with Crippen molar-refractivity contribution in [2.45, 2.75) is 38.7 Å². The summed E-state index contributed by atoms with van der Waals surface area (Å²) in [5.74, 6) is -0.134. The summed E-state index contributed by atoms with van der Waals surface area (Å²) in [6.45, 7) is 5.74. The van der Waals surface area contributed by atoms with Crippen LogP contribution in [0, 0.1) is 0 Å². The van der Waals surface area contributed by atoms with Crippen molar-refractivity contribution in [1.29, 1.82) is 0 Å². The molecule has 0 aliphatic rings. The zero-order chi connectivity index (χ0) is 11.7. The molecular formula is C10H21NO3S. The lowest BCUT2D eigenvalue weighted by Crippen LogP contribution is -2.23. The Morgan fingerprint density at radius 1 is 1.47 bits per heavy atom. The molecule has 0 saturated heterocycles. The predicted molar refractivity (Wildman–Crippen MR) is 62.1 cm³/mol. The molecule has 1 unspecified atom stereocenters. The zero-order valence-corrected chi connectivity index (χ0v) is 10.1. The third kappa shape index (κ3) is 7.53. The van der Waals surface area contributed by atoms with Crippen molar-refractivity contribution in [2.24, 2.45) is 5.73 Å². The predicted octanol–water partition coefficient (Wildman–Crippen LogP) is 1.43. The standard InChI is InChI=1S/C10H21NO3S/c1-3-5-6-7-10(4-2)14-15(12,13)9-8-11/h4,10H,2-3,5-9,11H2,1H3. The van der Waals surface area contributed by atoms with Gasteiger partial charge in [-0.05, 0) is 6.42 Å². The normalized spacial score (nSPS) is 13.7. The van der Waals surface area contributed by atoms with Crippen LogP contribution in [0.1, 0.15) is 32.6 Å². The Hall–Kier alpha value is -0.390. The minimum absolute atomic E-state index is 0.0845. The lowest BCUT2D eigenvalue weighted by molar-refractivity contribution is 0.241. The van der Waals surface area contributed by atoms with Crippen molar-refractivity contribution in [3.8, 4) is 0 Å². The Labute approximate surface area is 92.6 Å². The molecule has 5 heteroatoms. The summed E-state index contributed by atoms with van der Waals surface area (Å²) < 4.78 is 27.5. The molecule has 0 radical (unpaired) electrons. The van der Waals surface area contributed by atoms with Crippen molar-refractivity contribution >= 4 is 10.1 Å². The van der Waals surface area contributed by atoms with E-state index in [1.165, 1.54) is 6.08 Å². The fraction of sp³-hybridized carbons (Fsp3) is 0.800. The van der Waals surface area contributed by atoms with Crippen LogP contribution >= 0.6 is 0 Å². The van der Waals surface area contributed by atoms with Gasteiger partial charge in [0.05, 0.1) is 11.9 Å². The first-order valence-electron chi connectivity index (χ1n) is 5.29. The molecule has 0 fully saturated rings. The van der Waals surface area contributed by atoms with E-state index >= 15 is 0 Å². The molecule has 90 valence electrons. The summed E-state index contributed by atoms with van der Waals surface area (Å²) in [6.07, 6.45) is 4.94. The molecule has 0 saturated carbocycles. The Bertz CT molecular complexity index is 262. The molecule has 0 aliphatic heterocycles. The summed E-state index contributed by atoms with van der Waals surface area (Å²) in [5.41, 5.74) is 5.17. The van der Waals surface area contributed by atoms with Gasteiger partial charge in [-0.15, -0.1) is 6.58 Å². The van der Waals surface area contributed by atoms with Gasteiger partial charge in [-0.1, -0.05) is 32.3 Å². The fourth-order valence-electron chi connectivity index (χ4n) is 1.18. The van der Waals surface area contributed by atoms with Gasteiger partial charge in [-0.25, -0.2) is 0 Å². The van der Waals surface area contributed by atoms with Gasteiger partial charge in [0.1, 0.15) is 0 Å². The molecule has 0 aromatic rings. The third-order valence-corrected chi connectivity index (χ3v) is 3.27. The van der Waals surface area contributed by atoms with Gasteiger partial charge in [0.15, 0.2) is 0 Å². The highest BCUT2D eigenvalue weighted by Crippen LogP contribution is 2.10. The molecule has 1 atom stereocenters. The highest BCUT2D eigenvalue weighted by atomic mass is 32.2. The number of unbranched alkanes of at least 4 members (excludes halogenated alkanes) is 2. The molecule has 0 aromatic carbocycles. The summed E-state index contributed by atoms with van der Waals surface area (Å²) >= 11 is 0.